The quantitative estimate of drug-likeness (QED) is 0.226. The minimum absolute atomic E-state index is 1.03. The fourth-order valence-corrected chi connectivity index (χ4v) is 5.62. The summed E-state index contributed by atoms with van der Waals surface area (Å²) < 4.78 is 0. The molecular weight excluding hydrogens is 472 g/mol. The van der Waals surface area contributed by atoms with E-state index in [2.05, 4.69) is 131 Å². The van der Waals surface area contributed by atoms with Gasteiger partial charge in [0.2, 0.25) is 0 Å². The molecule has 39 heavy (non-hydrogen) atoms. The molecule has 7 aromatic rings. The van der Waals surface area contributed by atoms with Gasteiger partial charge in [0.1, 0.15) is 0 Å². The second kappa shape index (κ2) is 9.66. The summed E-state index contributed by atoms with van der Waals surface area (Å²) in [6, 6.07) is 43.7. The molecule has 0 radical (unpaired) electrons. The van der Waals surface area contributed by atoms with E-state index < -0.39 is 0 Å². The molecule has 0 aliphatic rings. The van der Waals surface area contributed by atoms with Crippen molar-refractivity contribution >= 4 is 21.5 Å². The number of rotatable bonds is 4. The zero-order valence-electron chi connectivity index (χ0n) is 21.7. The topological polar surface area (TPSA) is 25.8 Å². The predicted molar refractivity (Wildman–Crippen MR) is 164 cm³/mol. The highest BCUT2D eigenvalue weighted by Gasteiger charge is 2.17. The van der Waals surface area contributed by atoms with E-state index in [1.165, 1.54) is 60.5 Å². The van der Waals surface area contributed by atoms with Crippen molar-refractivity contribution in [3.8, 4) is 44.5 Å². The molecule has 2 heteroatoms. The lowest BCUT2D eigenvalue weighted by atomic mass is 9.85. The van der Waals surface area contributed by atoms with Gasteiger partial charge in [-0.2, -0.15) is 0 Å². The zero-order valence-corrected chi connectivity index (χ0v) is 21.7. The van der Waals surface area contributed by atoms with Crippen molar-refractivity contribution in [1.82, 2.24) is 9.97 Å². The van der Waals surface area contributed by atoms with Gasteiger partial charge in [0, 0.05) is 29.8 Å². The molecule has 0 atom stereocenters. The van der Waals surface area contributed by atoms with Crippen molar-refractivity contribution in [3.05, 3.63) is 146 Å². The highest BCUT2D eigenvalue weighted by molar-refractivity contribution is 6.21. The minimum Gasteiger partial charge on any atom is -0.265 e. The molecule has 0 saturated heterocycles. The lowest BCUT2D eigenvalue weighted by molar-refractivity contribution is 1.20. The first-order valence-corrected chi connectivity index (χ1v) is 13.2. The normalized spacial score (nSPS) is 11.2. The van der Waals surface area contributed by atoms with E-state index in [1.807, 2.05) is 25.5 Å². The van der Waals surface area contributed by atoms with Gasteiger partial charge in [-0.25, -0.2) is 0 Å². The van der Waals surface area contributed by atoms with Gasteiger partial charge >= 0.3 is 0 Å². The first kappa shape index (κ1) is 23.1. The van der Waals surface area contributed by atoms with E-state index in [4.69, 9.17) is 0 Å². The predicted octanol–water partition coefficient (Wildman–Crippen LogP) is 9.76. The van der Waals surface area contributed by atoms with Gasteiger partial charge in [0.15, 0.2) is 0 Å². The van der Waals surface area contributed by atoms with Gasteiger partial charge in [0.05, 0.1) is 0 Å². The molecule has 184 valence electrons. The summed E-state index contributed by atoms with van der Waals surface area (Å²) in [5, 5.41) is 5.02. The molecule has 7 rings (SSSR count). The van der Waals surface area contributed by atoms with Crippen LogP contribution in [0.1, 0.15) is 5.69 Å². The number of aryl methyl sites for hydroxylation is 1. The molecule has 0 spiro atoms. The molecule has 2 nitrogen and oxygen atoms in total. The number of benzene rings is 5. The summed E-state index contributed by atoms with van der Waals surface area (Å²) >= 11 is 0. The van der Waals surface area contributed by atoms with Crippen LogP contribution in [0.3, 0.4) is 0 Å². The molecule has 0 bridgehead atoms. The molecule has 0 unspecified atom stereocenters. The molecule has 0 aliphatic carbocycles. The summed E-state index contributed by atoms with van der Waals surface area (Å²) in [6.07, 6.45) is 5.65. The molecule has 2 aromatic heterocycles. The van der Waals surface area contributed by atoms with Crippen LogP contribution < -0.4 is 0 Å². The van der Waals surface area contributed by atoms with Crippen molar-refractivity contribution in [2.75, 3.05) is 0 Å². The van der Waals surface area contributed by atoms with Crippen molar-refractivity contribution in [1.29, 1.82) is 0 Å². The number of nitrogens with zero attached hydrogens (tertiary/aromatic N) is 2. The van der Waals surface area contributed by atoms with Crippen LogP contribution in [-0.4, -0.2) is 9.97 Å². The molecule has 0 aliphatic heterocycles. The van der Waals surface area contributed by atoms with Crippen LogP contribution in [0.15, 0.2) is 140 Å². The van der Waals surface area contributed by atoms with E-state index in [0.717, 1.165) is 11.3 Å². The van der Waals surface area contributed by atoms with Crippen LogP contribution in [0.2, 0.25) is 0 Å². The van der Waals surface area contributed by atoms with Crippen LogP contribution in [0.25, 0.3) is 66.1 Å². The molecule has 5 aromatic carbocycles. The van der Waals surface area contributed by atoms with Crippen molar-refractivity contribution in [2.24, 2.45) is 0 Å². The number of fused-ring (bicyclic) bond motifs is 2. The van der Waals surface area contributed by atoms with Crippen molar-refractivity contribution in [3.63, 3.8) is 0 Å². The number of hydrogen-bond donors (Lipinski definition) is 0. The lowest BCUT2D eigenvalue weighted by Crippen LogP contribution is -1.91. The van der Waals surface area contributed by atoms with E-state index in [0.29, 0.717) is 0 Å². The second-order valence-corrected chi connectivity index (χ2v) is 9.92. The molecule has 0 saturated carbocycles. The molecule has 0 amide bonds. The SMILES string of the molecule is Cc1ccc(-c2ccc(-c3c4ccccc4c(-c4cccc(-c5ccncc5)c4)c4ccccc34)cc2)cn1. The average molecular weight is 499 g/mol. The zero-order chi connectivity index (χ0) is 26.2. The third-order valence-electron chi connectivity index (χ3n) is 7.51. The van der Waals surface area contributed by atoms with E-state index >= 15 is 0 Å². The van der Waals surface area contributed by atoms with Gasteiger partial charge in [0.25, 0.3) is 0 Å². The maximum atomic E-state index is 4.48. The molecule has 0 fully saturated rings. The third kappa shape index (κ3) is 4.17. The monoisotopic (exact) mass is 498 g/mol. The van der Waals surface area contributed by atoms with Crippen LogP contribution >= 0.6 is 0 Å². The Morgan fingerprint density at radius 2 is 0.923 bits per heavy atom. The largest absolute Gasteiger partial charge is 0.265 e. The molecular formula is C37H26N2. The smallest absolute Gasteiger partial charge is 0.0373 e. The van der Waals surface area contributed by atoms with Crippen molar-refractivity contribution < 1.29 is 0 Å². The van der Waals surface area contributed by atoms with Gasteiger partial charge < -0.3 is 0 Å². The summed E-state index contributed by atoms with van der Waals surface area (Å²) in [5.74, 6) is 0. The molecule has 2 heterocycles. The first-order valence-electron chi connectivity index (χ1n) is 13.2. The summed E-state index contributed by atoms with van der Waals surface area (Å²) in [6.45, 7) is 2.02. The van der Waals surface area contributed by atoms with Crippen molar-refractivity contribution in [2.45, 2.75) is 6.92 Å². The van der Waals surface area contributed by atoms with Crippen LogP contribution in [0, 0.1) is 6.92 Å². The summed E-state index contributed by atoms with van der Waals surface area (Å²) in [5.41, 5.74) is 10.6. The fraction of sp³-hybridized carbons (Fsp3) is 0.0270. The standard InChI is InChI=1S/C37H26N2/c1-25-13-14-31(24-39-25)26-15-17-28(18-16-26)36-32-9-2-4-11-34(32)37(35-12-5-3-10-33(35)36)30-8-6-7-29(23-30)27-19-21-38-22-20-27/h2-24H,1H3. The van der Waals surface area contributed by atoms with Gasteiger partial charge in [-0.1, -0.05) is 97.1 Å². The first-order chi connectivity index (χ1) is 19.3. The highest BCUT2D eigenvalue weighted by atomic mass is 14.7. The molecule has 0 N–H and O–H groups in total. The van der Waals surface area contributed by atoms with E-state index in [9.17, 15) is 0 Å². The Morgan fingerprint density at radius 3 is 1.51 bits per heavy atom. The van der Waals surface area contributed by atoms with Gasteiger partial charge in [-0.15, -0.1) is 0 Å². The maximum Gasteiger partial charge on any atom is 0.0373 e. The Hall–Kier alpha value is -5.08. The maximum absolute atomic E-state index is 4.48. The Labute approximate surface area is 228 Å². The lowest BCUT2D eigenvalue weighted by Gasteiger charge is -2.18. The minimum atomic E-state index is 1.03. The second-order valence-electron chi connectivity index (χ2n) is 9.92. The van der Waals surface area contributed by atoms with Crippen LogP contribution in [-0.2, 0) is 0 Å². The van der Waals surface area contributed by atoms with E-state index in [1.54, 1.807) is 0 Å². The average Bonchev–Trinajstić information content (AvgIpc) is 3.01. The summed E-state index contributed by atoms with van der Waals surface area (Å²) in [4.78, 5) is 8.67. The Bertz CT molecular complexity index is 1880. The Kier molecular flexibility index (Phi) is 5.71. The third-order valence-corrected chi connectivity index (χ3v) is 7.51. The van der Waals surface area contributed by atoms with Gasteiger partial charge in [-0.3, -0.25) is 9.97 Å². The van der Waals surface area contributed by atoms with Crippen LogP contribution in [0.5, 0.6) is 0 Å². The highest BCUT2D eigenvalue weighted by Crippen LogP contribution is 2.44. The fourth-order valence-electron chi connectivity index (χ4n) is 5.62. The van der Waals surface area contributed by atoms with Crippen LogP contribution in [0.4, 0.5) is 0 Å². The van der Waals surface area contributed by atoms with Gasteiger partial charge in [-0.05, 0) is 91.7 Å². The number of aromatic nitrogens is 2. The Balaban J connectivity index is 1.45. The number of hydrogen-bond acceptors (Lipinski definition) is 2. The summed E-state index contributed by atoms with van der Waals surface area (Å²) in [7, 11) is 0. The number of pyridine rings is 2. The Morgan fingerprint density at radius 1 is 0.410 bits per heavy atom. The van der Waals surface area contributed by atoms with E-state index in [-0.39, 0.29) is 0 Å².